The number of carbonyl (C=O) groups is 1. The Hall–Kier alpha value is -2.08. The Balaban J connectivity index is 1.92. The van der Waals surface area contributed by atoms with E-state index in [0.29, 0.717) is 24.7 Å². The van der Waals surface area contributed by atoms with Crippen molar-refractivity contribution in [2.75, 3.05) is 11.9 Å². The minimum Gasteiger partial charge on any atom is -0.457 e. The van der Waals surface area contributed by atoms with Crippen LogP contribution in [0.25, 0.3) is 0 Å². The van der Waals surface area contributed by atoms with Gasteiger partial charge in [-0.3, -0.25) is 5.32 Å². The fraction of sp³-hybridized carbons (Fsp3) is 0.200. The van der Waals surface area contributed by atoms with Crippen LogP contribution >= 0.6 is 15.9 Å². The number of anilines is 1. The molecular formula is C15H14BrN3O2. The molecule has 1 aliphatic heterocycles. The van der Waals surface area contributed by atoms with E-state index in [9.17, 15) is 4.79 Å². The summed E-state index contributed by atoms with van der Waals surface area (Å²) in [5.74, 6) is 2.02. The molecule has 0 fully saturated rings. The Morgan fingerprint density at radius 2 is 2.10 bits per heavy atom. The van der Waals surface area contributed by atoms with Gasteiger partial charge in [-0.2, -0.15) is 0 Å². The van der Waals surface area contributed by atoms with Crippen molar-refractivity contribution in [1.29, 1.82) is 0 Å². The Bertz CT molecular complexity index is 673. The number of fused-ring (bicyclic) bond motifs is 1. The van der Waals surface area contributed by atoms with Crippen LogP contribution in [0.4, 0.5) is 10.6 Å². The first-order valence-corrected chi connectivity index (χ1v) is 7.44. The lowest BCUT2D eigenvalue weighted by molar-refractivity contribution is 0.209. The number of hydrogen-bond donors (Lipinski definition) is 1. The predicted octanol–water partition coefficient (Wildman–Crippen LogP) is 4.00. The highest BCUT2D eigenvalue weighted by Gasteiger charge is 2.25. The zero-order chi connectivity index (χ0) is 14.8. The number of nitrogens with one attached hydrogen (secondary N) is 1. The maximum atomic E-state index is 11.8. The highest BCUT2D eigenvalue weighted by molar-refractivity contribution is 9.10. The second-order valence-electron chi connectivity index (χ2n) is 4.64. The van der Waals surface area contributed by atoms with E-state index >= 15 is 0 Å². The van der Waals surface area contributed by atoms with E-state index in [4.69, 9.17) is 4.74 Å². The van der Waals surface area contributed by atoms with Crippen LogP contribution in [-0.4, -0.2) is 22.5 Å². The second-order valence-corrected chi connectivity index (χ2v) is 5.55. The van der Waals surface area contributed by atoms with Crippen LogP contribution in [0.1, 0.15) is 12.5 Å². The van der Waals surface area contributed by atoms with Gasteiger partial charge in [0.1, 0.15) is 17.3 Å². The molecule has 0 aliphatic carbocycles. The normalized spacial score (nSPS) is 13.6. The van der Waals surface area contributed by atoms with E-state index in [1.807, 2.05) is 37.3 Å². The van der Waals surface area contributed by atoms with Gasteiger partial charge in [0.2, 0.25) is 0 Å². The molecule has 108 valence electrons. The zero-order valence-electron chi connectivity index (χ0n) is 11.5. The third-order valence-electron chi connectivity index (χ3n) is 3.30. The molecule has 2 aromatic rings. The fourth-order valence-electron chi connectivity index (χ4n) is 2.16. The summed E-state index contributed by atoms with van der Waals surface area (Å²) in [5.41, 5.74) is 0.891. The summed E-state index contributed by atoms with van der Waals surface area (Å²) in [4.78, 5) is 17.7. The van der Waals surface area contributed by atoms with Crippen LogP contribution in [0.2, 0.25) is 0 Å². The van der Waals surface area contributed by atoms with Crippen LogP contribution < -0.4 is 10.1 Å². The SMILES string of the molecule is CCN1Cc2c(Oc3ccc(Br)cc3)ccnc2NC1=O. The molecule has 6 heteroatoms. The van der Waals surface area contributed by atoms with Gasteiger partial charge in [-0.25, -0.2) is 9.78 Å². The summed E-state index contributed by atoms with van der Waals surface area (Å²) in [5, 5.41) is 2.78. The summed E-state index contributed by atoms with van der Waals surface area (Å²) in [6, 6.07) is 9.29. The minimum atomic E-state index is -0.127. The number of carbonyl (C=O) groups excluding carboxylic acids is 1. The average Bonchev–Trinajstić information content (AvgIpc) is 2.49. The largest absolute Gasteiger partial charge is 0.457 e. The molecule has 1 N–H and O–H groups in total. The molecule has 1 aliphatic rings. The molecule has 0 saturated heterocycles. The number of urea groups is 1. The molecule has 0 saturated carbocycles. The topological polar surface area (TPSA) is 54.5 Å². The number of amides is 2. The molecule has 1 aromatic carbocycles. The summed E-state index contributed by atoms with van der Waals surface area (Å²) in [7, 11) is 0. The van der Waals surface area contributed by atoms with Gasteiger partial charge < -0.3 is 9.64 Å². The summed E-state index contributed by atoms with van der Waals surface area (Å²) in [6.45, 7) is 3.07. The first kappa shape index (κ1) is 13.9. The van der Waals surface area contributed by atoms with Crippen molar-refractivity contribution in [2.24, 2.45) is 0 Å². The van der Waals surface area contributed by atoms with Crippen LogP contribution in [0, 0.1) is 0 Å². The highest BCUT2D eigenvalue weighted by Crippen LogP contribution is 2.33. The lowest BCUT2D eigenvalue weighted by Crippen LogP contribution is -2.38. The Kier molecular flexibility index (Phi) is 3.79. The first-order valence-electron chi connectivity index (χ1n) is 6.64. The van der Waals surface area contributed by atoms with Gasteiger partial charge >= 0.3 is 6.03 Å². The van der Waals surface area contributed by atoms with Crippen molar-refractivity contribution in [1.82, 2.24) is 9.88 Å². The van der Waals surface area contributed by atoms with Gasteiger partial charge in [0, 0.05) is 17.2 Å². The number of nitrogens with zero attached hydrogens (tertiary/aromatic N) is 2. The monoisotopic (exact) mass is 347 g/mol. The van der Waals surface area contributed by atoms with E-state index in [-0.39, 0.29) is 6.03 Å². The van der Waals surface area contributed by atoms with Gasteiger partial charge in [-0.15, -0.1) is 0 Å². The fourth-order valence-corrected chi connectivity index (χ4v) is 2.42. The van der Waals surface area contributed by atoms with Crippen molar-refractivity contribution in [3.05, 3.63) is 46.6 Å². The number of pyridine rings is 1. The number of ether oxygens (including phenoxy) is 1. The van der Waals surface area contributed by atoms with Gasteiger partial charge in [0.05, 0.1) is 12.1 Å². The lowest BCUT2D eigenvalue weighted by atomic mass is 10.2. The molecule has 2 amide bonds. The maximum absolute atomic E-state index is 11.8. The van der Waals surface area contributed by atoms with Crippen molar-refractivity contribution >= 4 is 27.8 Å². The van der Waals surface area contributed by atoms with Crippen LogP contribution in [-0.2, 0) is 6.54 Å². The molecule has 1 aromatic heterocycles. The van der Waals surface area contributed by atoms with Crippen molar-refractivity contribution in [2.45, 2.75) is 13.5 Å². The van der Waals surface area contributed by atoms with Crippen molar-refractivity contribution in [3.63, 3.8) is 0 Å². The number of rotatable bonds is 3. The molecule has 5 nitrogen and oxygen atoms in total. The van der Waals surface area contributed by atoms with Crippen molar-refractivity contribution in [3.8, 4) is 11.5 Å². The number of aromatic nitrogens is 1. The number of benzene rings is 1. The van der Waals surface area contributed by atoms with Gasteiger partial charge in [0.15, 0.2) is 0 Å². The number of hydrogen-bond acceptors (Lipinski definition) is 3. The molecule has 0 bridgehead atoms. The highest BCUT2D eigenvalue weighted by atomic mass is 79.9. The molecule has 0 radical (unpaired) electrons. The van der Waals surface area contributed by atoms with Gasteiger partial charge in [0.25, 0.3) is 0 Å². The molecule has 0 unspecified atom stereocenters. The zero-order valence-corrected chi connectivity index (χ0v) is 13.1. The van der Waals surface area contributed by atoms with E-state index in [1.54, 1.807) is 11.1 Å². The molecular weight excluding hydrogens is 334 g/mol. The quantitative estimate of drug-likeness (QED) is 0.912. The summed E-state index contributed by atoms with van der Waals surface area (Å²) >= 11 is 3.40. The second kappa shape index (κ2) is 5.73. The third-order valence-corrected chi connectivity index (χ3v) is 3.83. The van der Waals surface area contributed by atoms with Crippen molar-refractivity contribution < 1.29 is 9.53 Å². The molecule has 0 atom stereocenters. The van der Waals surface area contributed by atoms with Crippen LogP contribution in [0.5, 0.6) is 11.5 Å². The maximum Gasteiger partial charge on any atom is 0.323 e. The van der Waals surface area contributed by atoms with E-state index in [1.165, 1.54) is 0 Å². The Morgan fingerprint density at radius 1 is 1.33 bits per heavy atom. The average molecular weight is 348 g/mol. The number of halogens is 1. The predicted molar refractivity (Wildman–Crippen MR) is 83.6 cm³/mol. The smallest absolute Gasteiger partial charge is 0.323 e. The Labute approximate surface area is 131 Å². The summed E-state index contributed by atoms with van der Waals surface area (Å²) < 4.78 is 6.92. The van der Waals surface area contributed by atoms with E-state index in [0.717, 1.165) is 15.8 Å². The van der Waals surface area contributed by atoms with E-state index in [2.05, 4.69) is 26.2 Å². The lowest BCUT2D eigenvalue weighted by Gasteiger charge is -2.28. The molecule has 2 heterocycles. The Morgan fingerprint density at radius 3 is 2.81 bits per heavy atom. The van der Waals surface area contributed by atoms with Gasteiger partial charge in [-0.05, 0) is 37.3 Å². The van der Waals surface area contributed by atoms with Gasteiger partial charge in [-0.1, -0.05) is 15.9 Å². The summed E-state index contributed by atoms with van der Waals surface area (Å²) in [6.07, 6.45) is 1.63. The molecule has 3 rings (SSSR count). The standard InChI is InChI=1S/C15H14BrN3O2/c1-2-19-9-12-13(7-8-17-14(12)18-15(19)20)21-11-5-3-10(16)4-6-11/h3-8H,2,9H2,1H3,(H,17,18,20). The minimum absolute atomic E-state index is 0.127. The van der Waals surface area contributed by atoms with Crippen LogP contribution in [0.15, 0.2) is 41.0 Å². The third kappa shape index (κ3) is 2.85. The van der Waals surface area contributed by atoms with Crippen LogP contribution in [0.3, 0.4) is 0 Å². The molecule has 0 spiro atoms. The van der Waals surface area contributed by atoms with E-state index < -0.39 is 0 Å². The molecule has 21 heavy (non-hydrogen) atoms. The first-order chi connectivity index (χ1) is 10.2.